The van der Waals surface area contributed by atoms with Gasteiger partial charge >= 0.3 is 0 Å². The Morgan fingerprint density at radius 1 is 0.962 bits per heavy atom. The summed E-state index contributed by atoms with van der Waals surface area (Å²) in [6, 6.07) is 5.73. The van der Waals surface area contributed by atoms with E-state index < -0.39 is 0 Å². The van der Waals surface area contributed by atoms with E-state index in [1.54, 1.807) is 14.2 Å². The number of carbonyl (C=O) groups excluding carboxylic acids is 2. The number of nitrogens with zero attached hydrogens (tertiary/aromatic N) is 1. The van der Waals surface area contributed by atoms with Gasteiger partial charge in [0, 0.05) is 6.54 Å². The number of hydrogen-bond donors (Lipinski definition) is 0. The summed E-state index contributed by atoms with van der Waals surface area (Å²) in [6.45, 7) is 0.439. The second-order valence-electron chi connectivity index (χ2n) is 7.92. The quantitative estimate of drug-likeness (QED) is 0.602. The Morgan fingerprint density at radius 2 is 1.58 bits per heavy atom. The van der Waals surface area contributed by atoms with Gasteiger partial charge in [0.2, 0.25) is 11.8 Å². The van der Waals surface area contributed by atoms with Gasteiger partial charge in [0.15, 0.2) is 11.5 Å². The smallest absolute Gasteiger partial charge is 0.233 e. The zero-order chi connectivity index (χ0) is 18.0. The molecular weight excluding hydrogens is 330 g/mol. The van der Waals surface area contributed by atoms with E-state index >= 15 is 0 Å². The lowest BCUT2D eigenvalue weighted by atomic mass is 9.63. The predicted octanol–water partition coefficient (Wildman–Crippen LogP) is 2.30. The Balaban J connectivity index is 1.33. The van der Waals surface area contributed by atoms with Gasteiger partial charge in [-0.15, -0.1) is 0 Å². The van der Waals surface area contributed by atoms with Crippen LogP contribution in [0, 0.1) is 35.5 Å². The average Bonchev–Trinajstić information content (AvgIpc) is 3.45. The lowest BCUT2D eigenvalue weighted by molar-refractivity contribution is -0.140. The molecule has 3 fully saturated rings. The number of rotatable bonds is 5. The monoisotopic (exact) mass is 353 g/mol. The third-order valence-corrected chi connectivity index (χ3v) is 6.83. The highest BCUT2D eigenvalue weighted by Gasteiger charge is 2.66. The molecule has 5 nitrogen and oxygen atoms in total. The van der Waals surface area contributed by atoms with Gasteiger partial charge in [0.25, 0.3) is 0 Å². The van der Waals surface area contributed by atoms with Gasteiger partial charge in [-0.1, -0.05) is 18.2 Å². The summed E-state index contributed by atoms with van der Waals surface area (Å²) in [5.41, 5.74) is 1.03. The van der Waals surface area contributed by atoms with Gasteiger partial charge < -0.3 is 9.47 Å². The van der Waals surface area contributed by atoms with Gasteiger partial charge in [-0.3, -0.25) is 14.5 Å². The van der Waals surface area contributed by atoms with Crippen molar-refractivity contribution in [3.05, 3.63) is 35.9 Å². The van der Waals surface area contributed by atoms with Crippen LogP contribution in [0.4, 0.5) is 0 Å². The zero-order valence-electron chi connectivity index (χ0n) is 15.1. The van der Waals surface area contributed by atoms with Crippen LogP contribution in [-0.2, 0) is 16.0 Å². The first-order chi connectivity index (χ1) is 12.6. The van der Waals surface area contributed by atoms with Crippen LogP contribution in [-0.4, -0.2) is 37.5 Å². The highest BCUT2D eigenvalue weighted by atomic mass is 16.5. The number of likely N-dealkylation sites (tertiary alicyclic amines) is 1. The number of allylic oxidation sites excluding steroid dienone is 2. The second-order valence-corrected chi connectivity index (χ2v) is 7.92. The van der Waals surface area contributed by atoms with Crippen LogP contribution in [0.2, 0.25) is 0 Å². The molecule has 6 atom stereocenters. The molecular formula is C21H23NO4. The minimum Gasteiger partial charge on any atom is -0.493 e. The molecule has 2 amide bonds. The number of amides is 2. The highest BCUT2D eigenvalue weighted by molar-refractivity contribution is 6.06. The van der Waals surface area contributed by atoms with Crippen LogP contribution in [0.15, 0.2) is 30.4 Å². The van der Waals surface area contributed by atoms with Crippen molar-refractivity contribution in [3.63, 3.8) is 0 Å². The van der Waals surface area contributed by atoms with E-state index in [4.69, 9.17) is 9.47 Å². The molecule has 2 saturated carbocycles. The normalized spacial score (nSPS) is 36.2. The third kappa shape index (κ3) is 2.09. The molecule has 2 bridgehead atoms. The Hall–Kier alpha value is -2.30. The number of benzene rings is 1. The molecule has 1 saturated heterocycles. The maximum absolute atomic E-state index is 13.0. The molecule has 0 N–H and O–H groups in total. The molecule has 1 heterocycles. The highest BCUT2D eigenvalue weighted by Crippen LogP contribution is 2.65. The van der Waals surface area contributed by atoms with E-state index in [0.29, 0.717) is 36.3 Å². The number of imide groups is 1. The van der Waals surface area contributed by atoms with Crippen molar-refractivity contribution in [3.8, 4) is 11.5 Å². The van der Waals surface area contributed by atoms with E-state index in [9.17, 15) is 9.59 Å². The fourth-order valence-corrected chi connectivity index (χ4v) is 5.52. The average molecular weight is 353 g/mol. The van der Waals surface area contributed by atoms with Crippen LogP contribution in [0.3, 0.4) is 0 Å². The van der Waals surface area contributed by atoms with Crippen molar-refractivity contribution in [1.29, 1.82) is 0 Å². The number of ether oxygens (including phenoxy) is 2. The summed E-state index contributed by atoms with van der Waals surface area (Å²) in [7, 11) is 3.21. The molecule has 0 spiro atoms. The van der Waals surface area contributed by atoms with Crippen LogP contribution in [0.25, 0.3) is 0 Å². The predicted molar refractivity (Wildman–Crippen MR) is 94.7 cm³/mol. The van der Waals surface area contributed by atoms with E-state index in [2.05, 4.69) is 12.2 Å². The van der Waals surface area contributed by atoms with Crippen molar-refractivity contribution in [2.45, 2.75) is 12.8 Å². The Kier molecular flexibility index (Phi) is 3.43. The minimum absolute atomic E-state index is 0.0465. The van der Waals surface area contributed by atoms with Crippen molar-refractivity contribution >= 4 is 11.8 Å². The third-order valence-electron chi connectivity index (χ3n) is 6.83. The molecule has 1 aromatic rings. The van der Waals surface area contributed by atoms with E-state index in [1.165, 1.54) is 11.3 Å². The van der Waals surface area contributed by atoms with Crippen LogP contribution >= 0.6 is 0 Å². The van der Waals surface area contributed by atoms with Crippen LogP contribution in [0.5, 0.6) is 11.5 Å². The molecule has 4 aliphatic carbocycles. The first-order valence-electron chi connectivity index (χ1n) is 9.38. The lowest BCUT2D eigenvalue weighted by Gasteiger charge is -2.37. The second kappa shape index (κ2) is 5.60. The molecule has 0 unspecified atom stereocenters. The number of carbonyl (C=O) groups is 2. The van der Waals surface area contributed by atoms with Gasteiger partial charge in [0.1, 0.15) is 0 Å². The van der Waals surface area contributed by atoms with Crippen molar-refractivity contribution in [2.75, 3.05) is 20.8 Å². The van der Waals surface area contributed by atoms with E-state index in [0.717, 1.165) is 5.56 Å². The van der Waals surface area contributed by atoms with Crippen LogP contribution in [0.1, 0.15) is 12.0 Å². The molecule has 1 aromatic carbocycles. The van der Waals surface area contributed by atoms with Gasteiger partial charge in [-0.05, 0) is 54.2 Å². The zero-order valence-corrected chi connectivity index (χ0v) is 15.1. The molecule has 5 heteroatoms. The van der Waals surface area contributed by atoms with Crippen molar-refractivity contribution < 1.29 is 19.1 Å². The summed E-state index contributed by atoms with van der Waals surface area (Å²) >= 11 is 0. The fourth-order valence-electron chi connectivity index (χ4n) is 5.52. The SMILES string of the molecule is COc1ccc(CCN2C(=O)[C@@H]3[C@H]4C=C[C@@H]([C@@H]5C[C@H]45)[C@H]3C2=O)cc1OC. The molecule has 6 rings (SSSR count). The minimum atomic E-state index is -0.105. The summed E-state index contributed by atoms with van der Waals surface area (Å²) in [6.07, 6.45) is 6.25. The summed E-state index contributed by atoms with van der Waals surface area (Å²) in [5, 5.41) is 0. The van der Waals surface area contributed by atoms with Gasteiger partial charge in [0.05, 0.1) is 26.1 Å². The topological polar surface area (TPSA) is 55.8 Å². The summed E-state index contributed by atoms with van der Waals surface area (Å²) in [5.74, 6) is 3.10. The summed E-state index contributed by atoms with van der Waals surface area (Å²) < 4.78 is 10.6. The van der Waals surface area contributed by atoms with Crippen LogP contribution < -0.4 is 9.47 Å². The van der Waals surface area contributed by atoms with Gasteiger partial charge in [-0.2, -0.15) is 0 Å². The first kappa shape index (κ1) is 15.9. The Labute approximate surface area is 153 Å². The lowest BCUT2D eigenvalue weighted by Crippen LogP contribution is -2.40. The Morgan fingerprint density at radius 3 is 2.15 bits per heavy atom. The number of hydrogen-bond acceptors (Lipinski definition) is 4. The molecule has 136 valence electrons. The maximum Gasteiger partial charge on any atom is 0.233 e. The molecule has 26 heavy (non-hydrogen) atoms. The molecule has 0 aromatic heterocycles. The molecule has 1 aliphatic heterocycles. The standard InChI is InChI=1S/C21H23NO4/c1-25-16-6-3-11(9-17(16)26-2)7-8-22-20(23)18-12-4-5-13(15-10-14(12)15)19(18)21(22)24/h3-6,9,12-15,18-19H,7-8,10H2,1-2H3/t12-,13-,14-,15+,18+,19+/m0/s1. The van der Waals surface area contributed by atoms with Crippen molar-refractivity contribution in [1.82, 2.24) is 4.90 Å². The van der Waals surface area contributed by atoms with E-state index in [-0.39, 0.29) is 35.5 Å². The summed E-state index contributed by atoms with van der Waals surface area (Å²) in [4.78, 5) is 27.5. The van der Waals surface area contributed by atoms with Crippen molar-refractivity contribution in [2.24, 2.45) is 35.5 Å². The van der Waals surface area contributed by atoms with Gasteiger partial charge in [-0.25, -0.2) is 0 Å². The fraction of sp³-hybridized carbons (Fsp3) is 0.524. The molecule has 0 radical (unpaired) electrons. The Bertz CT molecular complexity index is 780. The maximum atomic E-state index is 13.0. The number of methoxy groups -OCH3 is 2. The van der Waals surface area contributed by atoms with E-state index in [1.807, 2.05) is 18.2 Å². The largest absolute Gasteiger partial charge is 0.493 e. The first-order valence-corrected chi connectivity index (χ1v) is 9.38. The molecule has 5 aliphatic rings.